The molecule has 0 unspecified atom stereocenters. The summed E-state index contributed by atoms with van der Waals surface area (Å²) in [5, 5.41) is 4.22. The Bertz CT molecular complexity index is 878. The van der Waals surface area contributed by atoms with Gasteiger partial charge in [-0.05, 0) is 42.5 Å². The van der Waals surface area contributed by atoms with E-state index >= 15 is 0 Å². The van der Waals surface area contributed by atoms with Crippen LogP contribution in [0, 0.1) is 5.82 Å². The average Bonchev–Trinajstić information content (AvgIpc) is 3.06. The minimum absolute atomic E-state index is 0.00827. The molecule has 3 aromatic rings. The lowest BCUT2D eigenvalue weighted by Gasteiger charge is -2.08. The maximum absolute atomic E-state index is 13.2. The molecule has 0 saturated carbocycles. The Labute approximate surface area is 141 Å². The smallest absolute Gasteiger partial charge is 0.287 e. The van der Waals surface area contributed by atoms with Gasteiger partial charge in [0.15, 0.2) is 0 Å². The first-order valence-electron chi connectivity index (χ1n) is 6.96. The van der Waals surface area contributed by atoms with Crippen molar-refractivity contribution in [3.05, 3.63) is 70.7 Å². The first kappa shape index (κ1) is 16.0. The van der Waals surface area contributed by atoms with Crippen molar-refractivity contribution in [2.24, 2.45) is 5.73 Å². The third kappa shape index (κ3) is 3.55. The molecule has 2 N–H and O–H groups in total. The summed E-state index contributed by atoms with van der Waals surface area (Å²) in [4.78, 5) is 11.0. The number of rotatable bonds is 5. The molecule has 3 rings (SSSR count). The number of carbonyl (C=O) groups is 1. The molecule has 0 fully saturated rings. The maximum Gasteiger partial charge on any atom is 0.287 e. The van der Waals surface area contributed by atoms with Gasteiger partial charge in [0.05, 0.1) is 0 Å². The number of amides is 1. The van der Waals surface area contributed by atoms with Gasteiger partial charge in [-0.15, -0.1) is 0 Å². The second kappa shape index (κ2) is 6.72. The van der Waals surface area contributed by atoms with E-state index in [4.69, 9.17) is 26.6 Å². The summed E-state index contributed by atoms with van der Waals surface area (Å²) >= 11 is 5.99. The Kier molecular flexibility index (Phi) is 4.48. The number of halogens is 2. The molecule has 0 aliphatic heterocycles. The van der Waals surface area contributed by atoms with Crippen LogP contribution in [0.15, 0.2) is 53.1 Å². The lowest BCUT2D eigenvalue weighted by atomic mass is 10.1. The van der Waals surface area contributed by atoms with E-state index in [1.165, 1.54) is 24.3 Å². The normalized spacial score (nSPS) is 10.6. The van der Waals surface area contributed by atoms with Crippen LogP contribution in [0.5, 0.6) is 5.75 Å². The standard InChI is InChI=1S/C17H12ClFN2O3/c18-14-6-3-12(19)7-11(14)9-23-13-4-1-10(2-5-13)15-8-16(17(20)22)24-21-15/h1-8H,9H2,(H2,20,22). The van der Waals surface area contributed by atoms with E-state index in [-0.39, 0.29) is 18.2 Å². The Balaban J connectivity index is 1.70. The van der Waals surface area contributed by atoms with Gasteiger partial charge in [0.1, 0.15) is 23.9 Å². The number of nitrogens with two attached hydrogens (primary N) is 1. The highest BCUT2D eigenvalue weighted by Crippen LogP contribution is 2.24. The molecule has 0 spiro atoms. The molecule has 122 valence electrons. The fraction of sp³-hybridized carbons (Fsp3) is 0.0588. The van der Waals surface area contributed by atoms with E-state index in [1.54, 1.807) is 24.3 Å². The molecular weight excluding hydrogens is 335 g/mol. The molecule has 0 aliphatic carbocycles. The molecule has 0 radical (unpaired) electrons. The zero-order valence-electron chi connectivity index (χ0n) is 12.3. The van der Waals surface area contributed by atoms with Crippen LogP contribution < -0.4 is 10.5 Å². The lowest BCUT2D eigenvalue weighted by molar-refractivity contribution is 0.0965. The number of benzene rings is 2. The highest BCUT2D eigenvalue weighted by molar-refractivity contribution is 6.31. The molecule has 2 aromatic carbocycles. The zero-order valence-corrected chi connectivity index (χ0v) is 13.1. The molecule has 0 aliphatic rings. The molecular formula is C17H12ClFN2O3. The number of hydrogen-bond donors (Lipinski definition) is 1. The van der Waals surface area contributed by atoms with E-state index in [1.807, 2.05) is 0 Å². The highest BCUT2D eigenvalue weighted by atomic mass is 35.5. The van der Waals surface area contributed by atoms with Crippen LogP contribution in [0.25, 0.3) is 11.3 Å². The van der Waals surface area contributed by atoms with Gasteiger partial charge < -0.3 is 15.0 Å². The van der Waals surface area contributed by atoms with Crippen molar-refractivity contribution in [3.8, 4) is 17.0 Å². The first-order chi connectivity index (χ1) is 11.5. The third-order valence-corrected chi connectivity index (χ3v) is 3.67. The maximum atomic E-state index is 13.2. The predicted octanol–water partition coefficient (Wildman–Crippen LogP) is 3.81. The van der Waals surface area contributed by atoms with E-state index < -0.39 is 5.91 Å². The van der Waals surface area contributed by atoms with Gasteiger partial charge in [0.25, 0.3) is 5.91 Å². The Morgan fingerprint density at radius 2 is 1.96 bits per heavy atom. The summed E-state index contributed by atoms with van der Waals surface area (Å²) in [7, 11) is 0. The fourth-order valence-corrected chi connectivity index (χ4v) is 2.24. The van der Waals surface area contributed by atoms with Crippen molar-refractivity contribution in [1.29, 1.82) is 0 Å². The van der Waals surface area contributed by atoms with Crippen molar-refractivity contribution in [2.45, 2.75) is 6.61 Å². The van der Waals surface area contributed by atoms with Gasteiger partial charge in [0.2, 0.25) is 5.76 Å². The zero-order chi connectivity index (χ0) is 17.1. The van der Waals surface area contributed by atoms with Crippen molar-refractivity contribution in [2.75, 3.05) is 0 Å². The van der Waals surface area contributed by atoms with Crippen LogP contribution in [0.3, 0.4) is 0 Å². The lowest BCUT2D eigenvalue weighted by Crippen LogP contribution is -2.09. The van der Waals surface area contributed by atoms with E-state index in [9.17, 15) is 9.18 Å². The van der Waals surface area contributed by atoms with Crippen molar-refractivity contribution >= 4 is 17.5 Å². The Morgan fingerprint density at radius 3 is 2.62 bits per heavy atom. The number of hydrogen-bond acceptors (Lipinski definition) is 4. The second-order valence-electron chi connectivity index (χ2n) is 4.99. The van der Waals surface area contributed by atoms with Crippen LogP contribution in [-0.2, 0) is 6.61 Å². The monoisotopic (exact) mass is 346 g/mol. The van der Waals surface area contributed by atoms with Gasteiger partial charge in [-0.1, -0.05) is 16.8 Å². The van der Waals surface area contributed by atoms with E-state index in [2.05, 4.69) is 5.16 Å². The Morgan fingerprint density at radius 1 is 1.21 bits per heavy atom. The fourth-order valence-electron chi connectivity index (χ4n) is 2.06. The molecule has 5 nitrogen and oxygen atoms in total. The summed E-state index contributed by atoms with van der Waals surface area (Å²) in [5.74, 6) is -0.478. The van der Waals surface area contributed by atoms with Crippen LogP contribution in [0.4, 0.5) is 4.39 Å². The van der Waals surface area contributed by atoms with Crippen LogP contribution in [-0.4, -0.2) is 11.1 Å². The third-order valence-electron chi connectivity index (χ3n) is 3.31. The molecule has 0 atom stereocenters. The van der Waals surface area contributed by atoms with Crippen molar-refractivity contribution in [1.82, 2.24) is 5.16 Å². The average molecular weight is 347 g/mol. The Hall–Kier alpha value is -2.86. The van der Waals surface area contributed by atoms with Gasteiger partial charge in [-0.3, -0.25) is 4.79 Å². The predicted molar refractivity (Wildman–Crippen MR) is 86.2 cm³/mol. The summed E-state index contributed by atoms with van der Waals surface area (Å²) < 4.78 is 23.6. The molecule has 0 saturated heterocycles. The van der Waals surface area contributed by atoms with Gasteiger partial charge in [-0.25, -0.2) is 4.39 Å². The number of aromatic nitrogens is 1. The first-order valence-corrected chi connectivity index (χ1v) is 7.34. The second-order valence-corrected chi connectivity index (χ2v) is 5.40. The van der Waals surface area contributed by atoms with Crippen LogP contribution >= 0.6 is 11.6 Å². The summed E-state index contributed by atoms with van der Waals surface area (Å²) in [5.41, 5.74) is 6.90. The summed E-state index contributed by atoms with van der Waals surface area (Å²) in [6, 6.07) is 12.5. The molecule has 7 heteroatoms. The van der Waals surface area contributed by atoms with Crippen molar-refractivity contribution < 1.29 is 18.4 Å². The number of ether oxygens (including phenoxy) is 1. The van der Waals surface area contributed by atoms with Crippen molar-refractivity contribution in [3.63, 3.8) is 0 Å². The largest absolute Gasteiger partial charge is 0.489 e. The molecule has 24 heavy (non-hydrogen) atoms. The molecule has 0 bridgehead atoms. The number of nitrogens with zero attached hydrogens (tertiary/aromatic N) is 1. The van der Waals surface area contributed by atoms with Crippen LogP contribution in [0.1, 0.15) is 16.1 Å². The number of primary amides is 1. The minimum Gasteiger partial charge on any atom is -0.489 e. The molecule has 1 amide bonds. The van der Waals surface area contributed by atoms with Gasteiger partial charge in [-0.2, -0.15) is 0 Å². The van der Waals surface area contributed by atoms with Crippen LogP contribution in [0.2, 0.25) is 5.02 Å². The quantitative estimate of drug-likeness (QED) is 0.762. The number of carbonyl (C=O) groups excluding carboxylic acids is 1. The molecule has 1 aromatic heterocycles. The van der Waals surface area contributed by atoms with E-state index in [0.29, 0.717) is 22.0 Å². The minimum atomic E-state index is -0.680. The van der Waals surface area contributed by atoms with E-state index in [0.717, 1.165) is 5.56 Å². The van der Waals surface area contributed by atoms with Gasteiger partial charge in [0, 0.05) is 22.2 Å². The topological polar surface area (TPSA) is 78.4 Å². The van der Waals surface area contributed by atoms with Gasteiger partial charge >= 0.3 is 0 Å². The summed E-state index contributed by atoms with van der Waals surface area (Å²) in [6.45, 7) is 0.145. The molecule has 1 heterocycles. The highest BCUT2D eigenvalue weighted by Gasteiger charge is 2.11. The SMILES string of the molecule is NC(=O)c1cc(-c2ccc(OCc3cc(F)ccc3Cl)cc2)no1. The summed E-state index contributed by atoms with van der Waals surface area (Å²) in [6.07, 6.45) is 0.